The summed E-state index contributed by atoms with van der Waals surface area (Å²) < 4.78 is 39.3. The fourth-order valence-corrected chi connectivity index (χ4v) is 12.4. The Morgan fingerprint density at radius 3 is 0.654 bits per heavy atom. The largest absolute Gasteiger partial charge is 0.456 e. The van der Waals surface area contributed by atoms with Crippen LogP contribution in [0.2, 0.25) is 0 Å². The molecule has 0 fully saturated rings. The van der Waals surface area contributed by atoms with Crippen LogP contribution in [0.5, 0.6) is 0 Å². The van der Waals surface area contributed by atoms with Crippen LogP contribution < -0.4 is 9.80 Å². The van der Waals surface area contributed by atoms with Crippen molar-refractivity contribution in [3.05, 3.63) is 231 Å². The van der Waals surface area contributed by atoms with Gasteiger partial charge in [0.2, 0.25) is 0 Å². The molecule has 0 unspecified atom stereocenters. The van der Waals surface area contributed by atoms with Gasteiger partial charge in [-0.05, 0) is 132 Å². The normalized spacial score (nSPS) is 12.4. The average Bonchev–Trinajstić information content (AvgIpc) is 4.39. The topological polar surface area (TPSA) is 85.3 Å². The zero-order valence-electron chi connectivity index (χ0n) is 41.3. The number of rotatable bonds is 6. The number of furan rings is 6. The first-order chi connectivity index (χ1) is 38.6. The van der Waals surface area contributed by atoms with E-state index >= 15 is 0 Å². The monoisotopic (exact) mass is 1000 g/mol. The summed E-state index contributed by atoms with van der Waals surface area (Å²) in [6.45, 7) is 0. The van der Waals surface area contributed by atoms with Gasteiger partial charge in [0.15, 0.2) is 0 Å². The summed E-state index contributed by atoms with van der Waals surface area (Å²) in [5, 5.41) is 14.9. The highest BCUT2D eigenvalue weighted by Gasteiger charge is 2.23. The van der Waals surface area contributed by atoms with Gasteiger partial charge in [0, 0.05) is 135 Å². The Kier molecular flexibility index (Phi) is 8.24. The minimum Gasteiger partial charge on any atom is -0.456 e. The second kappa shape index (κ2) is 15.4. The van der Waals surface area contributed by atoms with Crippen molar-refractivity contribution in [2.75, 3.05) is 9.80 Å². The first-order valence-electron chi connectivity index (χ1n) is 26.1. The molecular weight excluding hydrogens is 965 g/mol. The molecule has 18 aromatic rings. The molecule has 8 nitrogen and oxygen atoms in total. The number of anilines is 6. The molecule has 0 aliphatic rings. The highest BCUT2D eigenvalue weighted by molar-refractivity contribution is 6.17. The highest BCUT2D eigenvalue weighted by atomic mass is 16.3. The van der Waals surface area contributed by atoms with Gasteiger partial charge >= 0.3 is 0 Å². The van der Waals surface area contributed by atoms with Crippen LogP contribution in [0.25, 0.3) is 142 Å². The van der Waals surface area contributed by atoms with Gasteiger partial charge < -0.3 is 36.3 Å². The van der Waals surface area contributed by atoms with E-state index in [-0.39, 0.29) is 0 Å². The Bertz CT molecular complexity index is 5000. The van der Waals surface area contributed by atoms with Gasteiger partial charge in [0.1, 0.15) is 67.0 Å². The molecule has 78 heavy (non-hydrogen) atoms. The number of fused-ring (bicyclic) bond motifs is 19. The van der Waals surface area contributed by atoms with Gasteiger partial charge in [-0.25, -0.2) is 0 Å². The molecule has 0 spiro atoms. The first-order valence-corrected chi connectivity index (χ1v) is 26.1. The Morgan fingerprint density at radius 1 is 0.167 bits per heavy atom. The minimum atomic E-state index is 0.780. The van der Waals surface area contributed by atoms with Crippen molar-refractivity contribution < 1.29 is 26.5 Å². The molecule has 0 aliphatic heterocycles. The smallest absolute Gasteiger partial charge is 0.137 e. The van der Waals surface area contributed by atoms with E-state index in [4.69, 9.17) is 26.5 Å². The maximum absolute atomic E-state index is 6.81. The Morgan fingerprint density at radius 2 is 0.372 bits per heavy atom. The van der Waals surface area contributed by atoms with Crippen molar-refractivity contribution >= 4 is 177 Å². The zero-order chi connectivity index (χ0) is 50.7. The van der Waals surface area contributed by atoms with Gasteiger partial charge in [-0.1, -0.05) is 72.8 Å². The molecule has 0 aliphatic carbocycles. The number of para-hydroxylation sites is 4. The number of benzene rings is 12. The fourth-order valence-electron chi connectivity index (χ4n) is 12.4. The summed E-state index contributed by atoms with van der Waals surface area (Å²) in [6.07, 6.45) is 0. The van der Waals surface area contributed by atoms with E-state index in [9.17, 15) is 0 Å². The van der Waals surface area contributed by atoms with Gasteiger partial charge in [0.25, 0.3) is 0 Å². The van der Waals surface area contributed by atoms with Crippen molar-refractivity contribution in [3.63, 3.8) is 0 Å². The molecule has 364 valence electrons. The summed E-state index contributed by atoms with van der Waals surface area (Å²) in [6, 6.07) is 80.1. The molecule has 0 radical (unpaired) electrons. The second-order valence-corrected chi connectivity index (χ2v) is 20.4. The summed E-state index contributed by atoms with van der Waals surface area (Å²) in [5.41, 5.74) is 15.5. The average molecular weight is 1000 g/mol. The van der Waals surface area contributed by atoms with Crippen LogP contribution in [0.4, 0.5) is 34.1 Å². The Hall–Kier alpha value is -10.7. The third-order valence-corrected chi connectivity index (χ3v) is 16.0. The molecule has 12 aromatic carbocycles. The number of hydrogen-bond donors (Lipinski definition) is 0. The molecule has 0 amide bonds. The van der Waals surface area contributed by atoms with E-state index in [1.807, 2.05) is 72.8 Å². The fraction of sp³-hybridized carbons (Fsp3) is 0. The van der Waals surface area contributed by atoms with Gasteiger partial charge in [0.05, 0.1) is 0 Å². The molecule has 0 N–H and O–H groups in total. The van der Waals surface area contributed by atoms with Crippen LogP contribution >= 0.6 is 0 Å². The molecule has 0 saturated heterocycles. The lowest BCUT2D eigenvalue weighted by atomic mass is 10.0. The minimum absolute atomic E-state index is 0.780. The van der Waals surface area contributed by atoms with Crippen LogP contribution in [0.15, 0.2) is 257 Å². The molecular formula is C70H38N2O6. The Balaban J connectivity index is 0.751. The van der Waals surface area contributed by atoms with E-state index in [1.165, 1.54) is 0 Å². The van der Waals surface area contributed by atoms with E-state index in [2.05, 4.69) is 168 Å². The van der Waals surface area contributed by atoms with Gasteiger partial charge in [-0.15, -0.1) is 0 Å². The van der Waals surface area contributed by atoms with Crippen molar-refractivity contribution in [2.24, 2.45) is 0 Å². The van der Waals surface area contributed by atoms with E-state index < -0.39 is 0 Å². The summed E-state index contributed by atoms with van der Waals surface area (Å²) in [5.74, 6) is 0. The summed E-state index contributed by atoms with van der Waals surface area (Å²) in [4.78, 5) is 4.48. The standard InChI is InChI=1S/C70H38N2O6/c1-5-13-59-47(9-1)51-23-17-41(33-65(51)73-59)71(42-18-24-52-48-10-2-6-14-60(48)74-66(52)34-42)45-21-27-55-57-29-39-30-58-56-28-22-46(38-70(56)78-64(58)32-40(39)31-63(57)77-69(55)37-45)72(43-19-25-53-49-11-3-7-15-61(49)75-67(53)35-43)44-20-26-54-50-12-4-8-16-62(50)76-68(54)36-44/h1-38H. The lowest BCUT2D eigenvalue weighted by molar-refractivity contribution is 0.668. The van der Waals surface area contributed by atoms with Crippen molar-refractivity contribution in [1.82, 2.24) is 0 Å². The molecule has 8 heteroatoms. The quantitative estimate of drug-likeness (QED) is 0.163. The van der Waals surface area contributed by atoms with E-state index in [0.717, 1.165) is 177 Å². The molecule has 6 heterocycles. The van der Waals surface area contributed by atoms with Crippen LogP contribution in [0.1, 0.15) is 0 Å². The number of hydrogen-bond acceptors (Lipinski definition) is 8. The van der Waals surface area contributed by atoms with Crippen LogP contribution in [-0.2, 0) is 0 Å². The molecule has 0 atom stereocenters. The maximum atomic E-state index is 6.81. The molecule has 0 saturated carbocycles. The molecule has 0 bridgehead atoms. The second-order valence-electron chi connectivity index (χ2n) is 20.4. The zero-order valence-corrected chi connectivity index (χ0v) is 41.3. The van der Waals surface area contributed by atoms with E-state index in [1.54, 1.807) is 0 Å². The van der Waals surface area contributed by atoms with Crippen molar-refractivity contribution in [2.45, 2.75) is 0 Å². The molecule has 18 rings (SSSR count). The van der Waals surface area contributed by atoms with Crippen molar-refractivity contribution in [1.29, 1.82) is 0 Å². The third-order valence-electron chi connectivity index (χ3n) is 16.0. The van der Waals surface area contributed by atoms with E-state index in [0.29, 0.717) is 0 Å². The lowest BCUT2D eigenvalue weighted by Crippen LogP contribution is -2.09. The van der Waals surface area contributed by atoms with Crippen LogP contribution in [0, 0.1) is 0 Å². The lowest BCUT2D eigenvalue weighted by Gasteiger charge is -2.25. The van der Waals surface area contributed by atoms with Crippen LogP contribution in [0.3, 0.4) is 0 Å². The Labute approximate surface area is 441 Å². The molecule has 6 aromatic heterocycles. The predicted octanol–water partition coefficient (Wildman–Crippen LogP) is 21.2. The first kappa shape index (κ1) is 41.6. The SMILES string of the molecule is c1ccc2c(c1)oc1cc(N(c3ccc4c(c3)oc3ccccc34)c3ccc4c(c3)oc3cc5cc6oc7cc(N(c8ccc9c(c8)oc8ccccc89)c8ccc9c(c8)oc8ccccc89)ccc7c6cc5cc34)ccc12. The highest BCUT2D eigenvalue weighted by Crippen LogP contribution is 2.46. The predicted molar refractivity (Wildman–Crippen MR) is 317 cm³/mol. The summed E-state index contributed by atoms with van der Waals surface area (Å²) in [7, 11) is 0. The maximum Gasteiger partial charge on any atom is 0.137 e. The van der Waals surface area contributed by atoms with Gasteiger partial charge in [-0.3, -0.25) is 0 Å². The van der Waals surface area contributed by atoms with Crippen molar-refractivity contribution in [3.8, 4) is 0 Å². The van der Waals surface area contributed by atoms with Gasteiger partial charge in [-0.2, -0.15) is 0 Å². The summed E-state index contributed by atoms with van der Waals surface area (Å²) >= 11 is 0. The number of nitrogens with zero attached hydrogens (tertiary/aromatic N) is 2. The third kappa shape index (κ3) is 6.05. The van der Waals surface area contributed by atoms with Crippen LogP contribution in [-0.4, -0.2) is 0 Å².